The van der Waals surface area contributed by atoms with E-state index in [4.69, 9.17) is 12.2 Å². The molecule has 4 rings (SSSR count). The van der Waals surface area contributed by atoms with Gasteiger partial charge in [0.1, 0.15) is 0 Å². The second kappa shape index (κ2) is 4.53. The average Bonchev–Trinajstić information content (AvgIpc) is 2.84. The summed E-state index contributed by atoms with van der Waals surface area (Å²) < 4.78 is 2.83. The number of aromatic nitrogens is 3. The van der Waals surface area contributed by atoms with Gasteiger partial charge < -0.3 is 4.98 Å². The molecule has 2 heterocycles. The summed E-state index contributed by atoms with van der Waals surface area (Å²) in [5.41, 5.74) is 4.48. The molecule has 1 N–H and O–H groups in total. The van der Waals surface area contributed by atoms with E-state index in [1.54, 1.807) is 0 Å². The molecule has 0 radical (unpaired) electrons. The van der Waals surface area contributed by atoms with Gasteiger partial charge in [-0.05, 0) is 42.9 Å². The van der Waals surface area contributed by atoms with Crippen LogP contribution in [0.1, 0.15) is 5.56 Å². The number of H-pyrrole nitrogens is 1. The monoisotopic (exact) mass is 291 g/mol. The lowest BCUT2D eigenvalue weighted by molar-refractivity contribution is 1.07. The van der Waals surface area contributed by atoms with Crippen molar-refractivity contribution in [3.05, 3.63) is 65.2 Å². The Morgan fingerprint density at radius 1 is 1.10 bits per heavy atom. The van der Waals surface area contributed by atoms with Crippen LogP contribution >= 0.6 is 12.2 Å². The van der Waals surface area contributed by atoms with Crippen LogP contribution < -0.4 is 0 Å². The number of imidazole rings is 1. The molecule has 3 nitrogen and oxygen atoms in total. The summed E-state index contributed by atoms with van der Waals surface area (Å²) in [6, 6.07) is 14.4. The summed E-state index contributed by atoms with van der Waals surface area (Å²) in [6.45, 7) is 2.11. The van der Waals surface area contributed by atoms with Crippen LogP contribution in [-0.4, -0.2) is 14.5 Å². The van der Waals surface area contributed by atoms with Crippen molar-refractivity contribution in [3.8, 4) is 5.69 Å². The van der Waals surface area contributed by atoms with Crippen LogP contribution in [0.5, 0.6) is 0 Å². The minimum absolute atomic E-state index is 0.712. The second-order valence-electron chi connectivity index (χ2n) is 5.11. The lowest BCUT2D eigenvalue weighted by atomic mass is 10.1. The zero-order valence-corrected chi connectivity index (χ0v) is 12.3. The van der Waals surface area contributed by atoms with Gasteiger partial charge in [-0.2, -0.15) is 0 Å². The maximum Gasteiger partial charge on any atom is 0.182 e. The Morgan fingerprint density at radius 3 is 2.86 bits per heavy atom. The lowest BCUT2D eigenvalue weighted by Crippen LogP contribution is -1.96. The molecule has 0 saturated carbocycles. The van der Waals surface area contributed by atoms with Crippen molar-refractivity contribution in [2.75, 3.05) is 0 Å². The molecular weight excluding hydrogens is 278 g/mol. The molecule has 0 atom stereocenters. The number of benzene rings is 2. The van der Waals surface area contributed by atoms with Gasteiger partial charge in [-0.3, -0.25) is 9.55 Å². The van der Waals surface area contributed by atoms with Crippen molar-refractivity contribution < 1.29 is 0 Å². The van der Waals surface area contributed by atoms with Gasteiger partial charge in [0, 0.05) is 23.2 Å². The number of rotatable bonds is 1. The third-order valence-corrected chi connectivity index (χ3v) is 4.09. The maximum atomic E-state index is 5.55. The van der Waals surface area contributed by atoms with Crippen LogP contribution in [0.2, 0.25) is 0 Å². The summed E-state index contributed by atoms with van der Waals surface area (Å²) in [5, 5.41) is 2.26. The van der Waals surface area contributed by atoms with E-state index in [0.29, 0.717) is 4.77 Å². The molecule has 4 heteroatoms. The summed E-state index contributed by atoms with van der Waals surface area (Å²) >= 11 is 5.55. The van der Waals surface area contributed by atoms with Crippen molar-refractivity contribution in [2.45, 2.75) is 6.92 Å². The zero-order valence-electron chi connectivity index (χ0n) is 11.5. The van der Waals surface area contributed by atoms with Crippen molar-refractivity contribution in [1.82, 2.24) is 14.5 Å². The van der Waals surface area contributed by atoms with E-state index in [2.05, 4.69) is 45.7 Å². The van der Waals surface area contributed by atoms with E-state index in [9.17, 15) is 0 Å². The van der Waals surface area contributed by atoms with Gasteiger partial charge >= 0.3 is 0 Å². The topological polar surface area (TPSA) is 33.6 Å². The van der Waals surface area contributed by atoms with Crippen LogP contribution in [0.3, 0.4) is 0 Å². The maximum absolute atomic E-state index is 5.55. The van der Waals surface area contributed by atoms with Gasteiger partial charge in [0.05, 0.1) is 16.7 Å². The third kappa shape index (κ3) is 1.80. The molecule has 102 valence electrons. The fourth-order valence-electron chi connectivity index (χ4n) is 2.86. The summed E-state index contributed by atoms with van der Waals surface area (Å²) in [4.78, 5) is 7.49. The Kier molecular flexibility index (Phi) is 2.65. The number of nitrogens with zero attached hydrogens (tertiary/aromatic N) is 2. The highest BCUT2D eigenvalue weighted by molar-refractivity contribution is 7.71. The number of fused-ring (bicyclic) bond motifs is 2. The standard InChI is InChI=1S/C17H13N3S/c1-11-4-2-6-14-16(11)20(17(21)19-14)15-7-3-5-12-10-18-9-8-13(12)15/h2-10H,1H3,(H,19,21). The Hall–Kier alpha value is -2.46. The quantitative estimate of drug-likeness (QED) is 0.522. The van der Waals surface area contributed by atoms with Crippen LogP contribution in [0.15, 0.2) is 54.9 Å². The molecule has 0 fully saturated rings. The van der Waals surface area contributed by atoms with E-state index in [-0.39, 0.29) is 0 Å². The number of hydrogen-bond donors (Lipinski definition) is 1. The largest absolute Gasteiger partial charge is 0.330 e. The van der Waals surface area contributed by atoms with Gasteiger partial charge in [0.2, 0.25) is 0 Å². The van der Waals surface area contributed by atoms with Gasteiger partial charge in [0.25, 0.3) is 0 Å². The van der Waals surface area contributed by atoms with Crippen molar-refractivity contribution >= 4 is 34.0 Å². The number of aromatic amines is 1. The molecule has 2 aromatic carbocycles. The summed E-state index contributed by atoms with van der Waals surface area (Å²) in [6.07, 6.45) is 3.70. The highest BCUT2D eigenvalue weighted by Gasteiger charge is 2.11. The highest BCUT2D eigenvalue weighted by atomic mass is 32.1. The van der Waals surface area contributed by atoms with E-state index < -0.39 is 0 Å². The van der Waals surface area contributed by atoms with Gasteiger partial charge in [-0.25, -0.2) is 0 Å². The molecule has 2 aromatic heterocycles. The van der Waals surface area contributed by atoms with Crippen LogP contribution in [0.25, 0.3) is 27.5 Å². The number of pyridine rings is 1. The number of para-hydroxylation sites is 1. The van der Waals surface area contributed by atoms with Gasteiger partial charge in [0.15, 0.2) is 4.77 Å². The molecule has 4 aromatic rings. The fraction of sp³-hybridized carbons (Fsp3) is 0.0588. The molecule has 0 unspecified atom stereocenters. The third-order valence-electron chi connectivity index (χ3n) is 3.80. The van der Waals surface area contributed by atoms with E-state index >= 15 is 0 Å². The highest BCUT2D eigenvalue weighted by Crippen LogP contribution is 2.27. The molecule has 0 amide bonds. The Labute approximate surface area is 126 Å². The second-order valence-corrected chi connectivity index (χ2v) is 5.50. The first-order valence-electron chi connectivity index (χ1n) is 6.79. The fourth-order valence-corrected chi connectivity index (χ4v) is 3.16. The Morgan fingerprint density at radius 2 is 1.95 bits per heavy atom. The molecule has 0 aliphatic heterocycles. The van der Waals surface area contributed by atoms with E-state index in [0.717, 1.165) is 27.5 Å². The number of aryl methyl sites for hydroxylation is 1. The summed E-state index contributed by atoms with van der Waals surface area (Å²) in [5.74, 6) is 0. The molecular formula is C17H13N3S. The van der Waals surface area contributed by atoms with Crippen molar-refractivity contribution in [3.63, 3.8) is 0 Å². The molecule has 0 bridgehead atoms. The summed E-state index contributed by atoms with van der Waals surface area (Å²) in [7, 11) is 0. The number of hydrogen-bond acceptors (Lipinski definition) is 2. The van der Waals surface area contributed by atoms with E-state index in [1.807, 2.05) is 30.6 Å². The molecule has 0 spiro atoms. The molecule has 0 aliphatic rings. The number of nitrogens with one attached hydrogen (secondary N) is 1. The first-order chi connectivity index (χ1) is 10.3. The first-order valence-corrected chi connectivity index (χ1v) is 7.20. The van der Waals surface area contributed by atoms with Crippen molar-refractivity contribution in [1.29, 1.82) is 0 Å². The first kappa shape index (κ1) is 12.3. The minimum atomic E-state index is 0.712. The Balaban J connectivity index is 2.20. The van der Waals surface area contributed by atoms with Crippen molar-refractivity contribution in [2.24, 2.45) is 0 Å². The molecule has 0 saturated heterocycles. The van der Waals surface area contributed by atoms with Crippen LogP contribution in [0.4, 0.5) is 0 Å². The Bertz CT molecular complexity index is 1020. The smallest absolute Gasteiger partial charge is 0.182 e. The minimum Gasteiger partial charge on any atom is -0.330 e. The zero-order chi connectivity index (χ0) is 14.4. The normalized spacial score (nSPS) is 11.3. The average molecular weight is 291 g/mol. The van der Waals surface area contributed by atoms with Crippen LogP contribution in [-0.2, 0) is 0 Å². The molecule has 0 aliphatic carbocycles. The van der Waals surface area contributed by atoms with Gasteiger partial charge in [-0.1, -0.05) is 24.3 Å². The van der Waals surface area contributed by atoms with Crippen LogP contribution in [0, 0.1) is 11.7 Å². The van der Waals surface area contributed by atoms with Gasteiger partial charge in [-0.15, -0.1) is 0 Å². The van der Waals surface area contributed by atoms with E-state index in [1.165, 1.54) is 5.56 Å². The lowest BCUT2D eigenvalue weighted by Gasteiger charge is -2.10. The predicted molar refractivity (Wildman–Crippen MR) is 88.5 cm³/mol. The SMILES string of the molecule is Cc1cccc2[nH]c(=S)n(-c3cccc4cnccc34)c12. The molecule has 21 heavy (non-hydrogen) atoms. The predicted octanol–water partition coefficient (Wildman–Crippen LogP) is 4.54.